The van der Waals surface area contributed by atoms with E-state index in [1.807, 2.05) is 6.07 Å². The van der Waals surface area contributed by atoms with Gasteiger partial charge in [0, 0.05) is 5.56 Å². The molecule has 150 valence electrons. The molecule has 28 heavy (non-hydrogen) atoms. The molecule has 1 aliphatic carbocycles. The van der Waals surface area contributed by atoms with Crippen LogP contribution in [0, 0.1) is 11.7 Å². The number of hydrogen-bond donors (Lipinski definition) is 0. The minimum atomic E-state index is -4.37. The summed E-state index contributed by atoms with van der Waals surface area (Å²) in [5, 5.41) is 0. The van der Waals surface area contributed by atoms with E-state index < -0.39 is 12.3 Å². The monoisotopic (exact) mass is 392 g/mol. The molecule has 2 aromatic carbocycles. The van der Waals surface area contributed by atoms with Crippen LogP contribution in [0.1, 0.15) is 56.1 Å². The number of rotatable bonds is 2. The molecule has 1 unspecified atom stereocenters. The van der Waals surface area contributed by atoms with Gasteiger partial charge in [-0.1, -0.05) is 38.0 Å². The highest BCUT2D eigenvalue weighted by Gasteiger charge is 2.43. The molecule has 2 aromatic rings. The zero-order valence-electron chi connectivity index (χ0n) is 15.9. The molecule has 1 saturated carbocycles. The molecule has 0 saturated heterocycles. The standard InChI is InChI=1S/C23H24F4O/c1-14-2-4-15(5-3-14)16-6-9-19(20(24)13-16)17-7-10-21-18(12-17)8-11-22(28-21)23(25,26)27/h6-7,9-10,12-15,22H,2-5,8,11H2,1H3. The molecule has 0 aromatic heterocycles. The Morgan fingerprint density at radius 3 is 2.36 bits per heavy atom. The molecule has 5 heteroatoms. The fourth-order valence-electron chi connectivity index (χ4n) is 4.40. The van der Waals surface area contributed by atoms with Gasteiger partial charge in [0.15, 0.2) is 6.10 Å². The SMILES string of the molecule is CC1CCC(c2ccc(-c3ccc4c(c3)CCC(C(F)(F)F)O4)c(F)c2)CC1. The summed E-state index contributed by atoms with van der Waals surface area (Å²) in [7, 11) is 0. The Labute approximate surface area is 162 Å². The Balaban J connectivity index is 1.55. The Morgan fingerprint density at radius 2 is 1.68 bits per heavy atom. The molecule has 0 radical (unpaired) electrons. The summed E-state index contributed by atoms with van der Waals surface area (Å²) in [6.07, 6.45) is -1.42. The van der Waals surface area contributed by atoms with E-state index in [0.717, 1.165) is 24.3 Å². The summed E-state index contributed by atoms with van der Waals surface area (Å²) in [6.45, 7) is 2.26. The van der Waals surface area contributed by atoms with Crippen LogP contribution in [-0.4, -0.2) is 12.3 Å². The molecule has 1 atom stereocenters. The lowest BCUT2D eigenvalue weighted by Gasteiger charge is -2.28. The number of benzene rings is 2. The summed E-state index contributed by atoms with van der Waals surface area (Å²) >= 11 is 0. The molecule has 0 N–H and O–H groups in total. The van der Waals surface area contributed by atoms with Crippen LogP contribution in [0.2, 0.25) is 0 Å². The van der Waals surface area contributed by atoms with E-state index in [-0.39, 0.29) is 24.4 Å². The van der Waals surface area contributed by atoms with Gasteiger partial charge in [0.05, 0.1) is 0 Å². The van der Waals surface area contributed by atoms with Crippen LogP contribution in [0.4, 0.5) is 17.6 Å². The van der Waals surface area contributed by atoms with Crippen molar-refractivity contribution in [2.24, 2.45) is 5.92 Å². The number of fused-ring (bicyclic) bond motifs is 1. The summed E-state index contributed by atoms with van der Waals surface area (Å²) < 4.78 is 58.6. The third-order valence-corrected chi connectivity index (χ3v) is 6.16. The van der Waals surface area contributed by atoms with E-state index in [0.29, 0.717) is 22.6 Å². The van der Waals surface area contributed by atoms with E-state index in [9.17, 15) is 17.6 Å². The van der Waals surface area contributed by atoms with Crippen molar-refractivity contribution < 1.29 is 22.3 Å². The van der Waals surface area contributed by atoms with E-state index in [1.54, 1.807) is 24.3 Å². The topological polar surface area (TPSA) is 9.23 Å². The van der Waals surface area contributed by atoms with Crippen LogP contribution >= 0.6 is 0 Å². The van der Waals surface area contributed by atoms with Gasteiger partial charge in [-0.3, -0.25) is 0 Å². The first-order chi connectivity index (χ1) is 13.3. The van der Waals surface area contributed by atoms with Gasteiger partial charge in [-0.2, -0.15) is 13.2 Å². The second-order valence-electron chi connectivity index (χ2n) is 8.21. The number of ether oxygens (including phenoxy) is 1. The summed E-state index contributed by atoms with van der Waals surface area (Å²) in [6, 6.07) is 10.3. The Kier molecular flexibility index (Phi) is 5.11. The first-order valence-electron chi connectivity index (χ1n) is 9.97. The van der Waals surface area contributed by atoms with Crippen LogP contribution in [0.5, 0.6) is 5.75 Å². The molecule has 1 fully saturated rings. The summed E-state index contributed by atoms with van der Waals surface area (Å²) in [5.74, 6) is 1.12. The van der Waals surface area contributed by atoms with Crippen LogP contribution in [0.25, 0.3) is 11.1 Å². The molecule has 2 aliphatic rings. The minimum Gasteiger partial charge on any atom is -0.481 e. The van der Waals surface area contributed by atoms with Gasteiger partial charge in [0.25, 0.3) is 0 Å². The van der Waals surface area contributed by atoms with Gasteiger partial charge in [0.1, 0.15) is 11.6 Å². The largest absolute Gasteiger partial charge is 0.481 e. The first kappa shape index (κ1) is 19.3. The minimum absolute atomic E-state index is 0.110. The third-order valence-electron chi connectivity index (χ3n) is 6.16. The Morgan fingerprint density at radius 1 is 0.929 bits per heavy atom. The lowest BCUT2D eigenvalue weighted by molar-refractivity contribution is -0.199. The van der Waals surface area contributed by atoms with Gasteiger partial charge in [-0.15, -0.1) is 0 Å². The van der Waals surface area contributed by atoms with Gasteiger partial charge in [-0.05, 0) is 72.4 Å². The molecule has 4 rings (SSSR count). The van der Waals surface area contributed by atoms with Gasteiger partial charge >= 0.3 is 6.18 Å². The van der Waals surface area contributed by atoms with E-state index in [1.165, 1.54) is 18.9 Å². The number of alkyl halides is 3. The second-order valence-corrected chi connectivity index (χ2v) is 8.21. The highest BCUT2D eigenvalue weighted by Crippen LogP contribution is 2.39. The lowest BCUT2D eigenvalue weighted by atomic mass is 9.79. The van der Waals surface area contributed by atoms with Crippen molar-refractivity contribution in [1.29, 1.82) is 0 Å². The highest BCUT2D eigenvalue weighted by atomic mass is 19.4. The second kappa shape index (κ2) is 7.41. The highest BCUT2D eigenvalue weighted by molar-refractivity contribution is 5.67. The molecule has 1 aliphatic heterocycles. The zero-order chi connectivity index (χ0) is 19.9. The molecule has 1 nitrogen and oxygen atoms in total. The van der Waals surface area contributed by atoms with Crippen molar-refractivity contribution >= 4 is 0 Å². The van der Waals surface area contributed by atoms with Crippen molar-refractivity contribution in [3.63, 3.8) is 0 Å². The average molecular weight is 392 g/mol. The molecule has 0 spiro atoms. The maximum atomic E-state index is 14.8. The van der Waals surface area contributed by atoms with Crippen LogP contribution < -0.4 is 4.74 Å². The molecule has 0 bridgehead atoms. The van der Waals surface area contributed by atoms with Gasteiger partial charge in [0.2, 0.25) is 0 Å². The van der Waals surface area contributed by atoms with Crippen LogP contribution in [-0.2, 0) is 6.42 Å². The fraction of sp³-hybridized carbons (Fsp3) is 0.478. The maximum Gasteiger partial charge on any atom is 0.425 e. The van der Waals surface area contributed by atoms with Crippen molar-refractivity contribution in [1.82, 2.24) is 0 Å². The normalized spacial score (nSPS) is 25.1. The van der Waals surface area contributed by atoms with Gasteiger partial charge in [-0.25, -0.2) is 4.39 Å². The predicted molar refractivity (Wildman–Crippen MR) is 101 cm³/mol. The predicted octanol–water partition coefficient (Wildman–Crippen LogP) is 7.04. The van der Waals surface area contributed by atoms with Crippen molar-refractivity contribution in [2.45, 2.75) is 63.6 Å². The first-order valence-corrected chi connectivity index (χ1v) is 9.97. The van der Waals surface area contributed by atoms with Crippen molar-refractivity contribution in [3.8, 4) is 16.9 Å². The Bertz CT molecular complexity index is 850. The number of hydrogen-bond acceptors (Lipinski definition) is 1. The van der Waals surface area contributed by atoms with E-state index >= 15 is 0 Å². The van der Waals surface area contributed by atoms with E-state index in [2.05, 4.69) is 6.92 Å². The summed E-state index contributed by atoms with van der Waals surface area (Å²) in [4.78, 5) is 0. The van der Waals surface area contributed by atoms with Crippen LogP contribution in [0.15, 0.2) is 36.4 Å². The molecule has 0 amide bonds. The molecular formula is C23H24F4O. The molecule has 1 heterocycles. The quantitative estimate of drug-likeness (QED) is 0.498. The van der Waals surface area contributed by atoms with E-state index in [4.69, 9.17) is 4.74 Å². The fourth-order valence-corrected chi connectivity index (χ4v) is 4.40. The average Bonchev–Trinajstić information content (AvgIpc) is 2.67. The Hall–Kier alpha value is -2.04. The lowest BCUT2D eigenvalue weighted by Crippen LogP contribution is -2.37. The van der Waals surface area contributed by atoms with Gasteiger partial charge < -0.3 is 4.74 Å². The summed E-state index contributed by atoms with van der Waals surface area (Å²) in [5.41, 5.74) is 2.90. The number of aryl methyl sites for hydroxylation is 1. The smallest absolute Gasteiger partial charge is 0.425 e. The molecular weight excluding hydrogens is 368 g/mol. The van der Waals surface area contributed by atoms with Crippen LogP contribution in [0.3, 0.4) is 0 Å². The third kappa shape index (κ3) is 3.89. The maximum absolute atomic E-state index is 14.8. The van der Waals surface area contributed by atoms with Crippen molar-refractivity contribution in [3.05, 3.63) is 53.3 Å². The number of halogens is 4. The zero-order valence-corrected chi connectivity index (χ0v) is 15.9. The van der Waals surface area contributed by atoms with Crippen molar-refractivity contribution in [2.75, 3.05) is 0 Å².